The lowest BCUT2D eigenvalue weighted by atomic mass is 9.86. The summed E-state index contributed by atoms with van der Waals surface area (Å²) < 4.78 is 0.626. The van der Waals surface area contributed by atoms with Gasteiger partial charge in [-0.15, -0.1) is 11.3 Å². The number of thiophene rings is 1. The van der Waals surface area contributed by atoms with E-state index in [-0.39, 0.29) is 5.41 Å². The predicted octanol–water partition coefficient (Wildman–Crippen LogP) is 3.15. The molecule has 1 aromatic rings. The minimum Gasteiger partial charge on any atom is -0.389 e. The zero-order chi connectivity index (χ0) is 10.2. The summed E-state index contributed by atoms with van der Waals surface area (Å²) in [5.74, 6) is 0. The summed E-state index contributed by atoms with van der Waals surface area (Å²) in [5.41, 5.74) is 6.92. The highest BCUT2D eigenvalue weighted by Gasteiger charge is 2.25. The number of rotatable bonds is 0. The molecule has 0 saturated heterocycles. The van der Waals surface area contributed by atoms with Gasteiger partial charge in [0.2, 0.25) is 0 Å². The Kier molecular flexibility index (Phi) is 2.56. The van der Waals surface area contributed by atoms with E-state index in [0.717, 1.165) is 5.56 Å². The first kappa shape index (κ1) is 10.4. The minimum atomic E-state index is -0.129. The van der Waals surface area contributed by atoms with Gasteiger partial charge in [-0.2, -0.15) is 5.26 Å². The van der Waals surface area contributed by atoms with E-state index in [4.69, 9.17) is 22.6 Å². The van der Waals surface area contributed by atoms with Crippen molar-refractivity contribution in [1.29, 1.82) is 5.26 Å². The first-order valence-corrected chi connectivity index (χ1v) is 5.05. The molecule has 0 aromatic carbocycles. The number of nitriles is 1. The summed E-state index contributed by atoms with van der Waals surface area (Å²) in [7, 11) is 0. The Morgan fingerprint density at radius 1 is 1.46 bits per heavy atom. The van der Waals surface area contributed by atoms with Gasteiger partial charge in [-0.3, -0.25) is 0 Å². The zero-order valence-electron chi connectivity index (χ0n) is 7.81. The highest BCUT2D eigenvalue weighted by molar-refractivity contribution is 7.20. The largest absolute Gasteiger partial charge is 0.389 e. The molecule has 0 unspecified atom stereocenters. The third-order valence-electron chi connectivity index (χ3n) is 1.75. The van der Waals surface area contributed by atoms with Gasteiger partial charge in [0.25, 0.3) is 0 Å². The normalized spacial score (nSPS) is 11.3. The molecule has 0 aliphatic heterocycles. The second-order valence-corrected chi connectivity index (χ2v) is 5.51. The molecular weight excluding hydrogens is 204 g/mol. The van der Waals surface area contributed by atoms with Crippen molar-refractivity contribution in [3.05, 3.63) is 15.5 Å². The van der Waals surface area contributed by atoms with E-state index >= 15 is 0 Å². The molecule has 70 valence electrons. The standard InChI is InChI=1S/C9H11ClN2S/c1-9(2,3)6-5(4-11)8(12)13-7(6)10/h12H2,1-3H3. The van der Waals surface area contributed by atoms with Crippen molar-refractivity contribution in [3.63, 3.8) is 0 Å². The second kappa shape index (κ2) is 3.21. The Balaban J connectivity index is 3.45. The van der Waals surface area contributed by atoms with Crippen LogP contribution in [-0.4, -0.2) is 0 Å². The molecule has 2 nitrogen and oxygen atoms in total. The molecule has 0 aliphatic rings. The molecule has 1 aromatic heterocycles. The topological polar surface area (TPSA) is 49.8 Å². The molecule has 0 fully saturated rings. The van der Waals surface area contributed by atoms with Crippen LogP contribution in [0.25, 0.3) is 0 Å². The van der Waals surface area contributed by atoms with Crippen LogP contribution in [0.3, 0.4) is 0 Å². The molecular formula is C9H11ClN2S. The van der Waals surface area contributed by atoms with Gasteiger partial charge in [0, 0.05) is 5.56 Å². The molecule has 0 atom stereocenters. The summed E-state index contributed by atoms with van der Waals surface area (Å²) in [6.07, 6.45) is 0. The van der Waals surface area contributed by atoms with Crippen LogP contribution in [0.15, 0.2) is 0 Å². The van der Waals surface area contributed by atoms with Crippen LogP contribution < -0.4 is 5.73 Å². The van der Waals surface area contributed by atoms with Crippen LogP contribution in [0.2, 0.25) is 4.34 Å². The van der Waals surface area contributed by atoms with Crippen LogP contribution in [0.1, 0.15) is 31.9 Å². The highest BCUT2D eigenvalue weighted by atomic mass is 35.5. The fourth-order valence-electron chi connectivity index (χ4n) is 1.20. The summed E-state index contributed by atoms with van der Waals surface area (Å²) in [4.78, 5) is 0. The number of halogens is 1. The fourth-order valence-corrected chi connectivity index (χ4v) is 2.78. The molecule has 0 radical (unpaired) electrons. The van der Waals surface area contributed by atoms with Gasteiger partial charge in [0.1, 0.15) is 15.4 Å². The lowest BCUT2D eigenvalue weighted by Gasteiger charge is -2.18. The van der Waals surface area contributed by atoms with Crippen molar-refractivity contribution in [2.24, 2.45) is 0 Å². The Bertz CT molecular complexity index is 368. The van der Waals surface area contributed by atoms with E-state index in [1.165, 1.54) is 11.3 Å². The summed E-state index contributed by atoms with van der Waals surface area (Å²) >= 11 is 7.27. The van der Waals surface area contributed by atoms with Gasteiger partial charge in [-0.25, -0.2) is 0 Å². The molecule has 1 rings (SSSR count). The Labute approximate surface area is 86.9 Å². The van der Waals surface area contributed by atoms with E-state index in [0.29, 0.717) is 14.9 Å². The number of hydrogen-bond acceptors (Lipinski definition) is 3. The third kappa shape index (κ3) is 1.79. The van der Waals surface area contributed by atoms with E-state index in [1.807, 2.05) is 20.8 Å². The number of nitrogen functional groups attached to an aromatic ring is 1. The van der Waals surface area contributed by atoms with Crippen molar-refractivity contribution in [1.82, 2.24) is 0 Å². The van der Waals surface area contributed by atoms with Crippen molar-refractivity contribution in [2.75, 3.05) is 5.73 Å². The van der Waals surface area contributed by atoms with Crippen LogP contribution in [0, 0.1) is 11.3 Å². The summed E-state index contributed by atoms with van der Waals surface area (Å²) in [6.45, 7) is 6.05. The van der Waals surface area contributed by atoms with Gasteiger partial charge in [0.15, 0.2) is 0 Å². The monoisotopic (exact) mass is 214 g/mol. The van der Waals surface area contributed by atoms with Crippen molar-refractivity contribution >= 4 is 27.9 Å². The van der Waals surface area contributed by atoms with Crippen molar-refractivity contribution < 1.29 is 0 Å². The van der Waals surface area contributed by atoms with Crippen molar-refractivity contribution in [2.45, 2.75) is 26.2 Å². The molecule has 1 heterocycles. The maximum atomic E-state index is 8.89. The summed E-state index contributed by atoms with van der Waals surface area (Å²) in [6, 6.07) is 2.09. The molecule has 4 heteroatoms. The molecule has 0 amide bonds. The van der Waals surface area contributed by atoms with E-state index in [1.54, 1.807) is 0 Å². The quantitative estimate of drug-likeness (QED) is 0.721. The molecule has 0 aliphatic carbocycles. The average molecular weight is 215 g/mol. The van der Waals surface area contributed by atoms with Gasteiger partial charge in [-0.05, 0) is 5.41 Å². The van der Waals surface area contributed by atoms with Crippen LogP contribution in [-0.2, 0) is 5.41 Å². The lowest BCUT2D eigenvalue weighted by molar-refractivity contribution is 0.591. The van der Waals surface area contributed by atoms with Gasteiger partial charge < -0.3 is 5.73 Å². The third-order valence-corrected chi connectivity index (χ3v) is 2.98. The SMILES string of the molecule is CC(C)(C)c1c(Cl)sc(N)c1C#N. The van der Waals surface area contributed by atoms with Gasteiger partial charge >= 0.3 is 0 Å². The second-order valence-electron chi connectivity index (χ2n) is 3.85. The fraction of sp³-hybridized carbons (Fsp3) is 0.444. The Hall–Kier alpha value is -0.720. The maximum absolute atomic E-state index is 8.89. The van der Waals surface area contributed by atoms with Crippen LogP contribution in [0.5, 0.6) is 0 Å². The first-order valence-electron chi connectivity index (χ1n) is 3.86. The number of anilines is 1. The minimum absolute atomic E-state index is 0.129. The Morgan fingerprint density at radius 2 is 2.00 bits per heavy atom. The van der Waals surface area contributed by atoms with Crippen molar-refractivity contribution in [3.8, 4) is 6.07 Å². The van der Waals surface area contributed by atoms with Gasteiger partial charge in [-0.1, -0.05) is 32.4 Å². The smallest absolute Gasteiger partial charge is 0.106 e. The maximum Gasteiger partial charge on any atom is 0.106 e. The number of nitrogens with two attached hydrogens (primary N) is 1. The molecule has 13 heavy (non-hydrogen) atoms. The van der Waals surface area contributed by atoms with E-state index in [9.17, 15) is 0 Å². The van der Waals surface area contributed by atoms with Crippen LogP contribution in [0.4, 0.5) is 5.00 Å². The summed E-state index contributed by atoms with van der Waals surface area (Å²) in [5, 5.41) is 9.41. The number of nitrogens with zero attached hydrogens (tertiary/aromatic N) is 1. The van der Waals surface area contributed by atoms with Gasteiger partial charge in [0.05, 0.1) is 5.56 Å². The molecule has 0 spiro atoms. The average Bonchev–Trinajstić information content (AvgIpc) is 2.23. The molecule has 0 saturated carbocycles. The first-order chi connectivity index (χ1) is 5.88. The van der Waals surface area contributed by atoms with E-state index in [2.05, 4.69) is 6.07 Å². The highest BCUT2D eigenvalue weighted by Crippen LogP contribution is 2.41. The lowest BCUT2D eigenvalue weighted by Crippen LogP contribution is -2.12. The predicted molar refractivity (Wildman–Crippen MR) is 57.2 cm³/mol. The molecule has 0 bridgehead atoms. The van der Waals surface area contributed by atoms with Crippen LogP contribution >= 0.6 is 22.9 Å². The Morgan fingerprint density at radius 3 is 2.31 bits per heavy atom. The molecule has 2 N–H and O–H groups in total. The zero-order valence-corrected chi connectivity index (χ0v) is 9.38. The number of hydrogen-bond donors (Lipinski definition) is 1. The van der Waals surface area contributed by atoms with E-state index < -0.39 is 0 Å².